The van der Waals surface area contributed by atoms with Crippen molar-refractivity contribution < 1.29 is 4.39 Å². The summed E-state index contributed by atoms with van der Waals surface area (Å²) < 4.78 is 14.5. The number of halogens is 2. The molecule has 0 amide bonds. The number of hydrogen-bond acceptors (Lipinski definition) is 2. The van der Waals surface area contributed by atoms with Crippen molar-refractivity contribution in [2.24, 2.45) is 4.99 Å². The highest BCUT2D eigenvalue weighted by molar-refractivity contribution is 9.10. The molecule has 23 heavy (non-hydrogen) atoms. The van der Waals surface area contributed by atoms with Gasteiger partial charge in [-0.05, 0) is 57.0 Å². The second-order valence-corrected chi connectivity index (χ2v) is 6.91. The molecule has 1 unspecified atom stereocenters. The smallest absolute Gasteiger partial charge is 0.191 e. The molecule has 2 N–H and O–H groups in total. The van der Waals surface area contributed by atoms with Gasteiger partial charge in [-0.25, -0.2) is 4.39 Å². The van der Waals surface area contributed by atoms with Crippen LogP contribution in [0.5, 0.6) is 0 Å². The van der Waals surface area contributed by atoms with Crippen molar-refractivity contribution in [3.8, 4) is 0 Å². The lowest BCUT2D eigenvalue weighted by atomic mass is 10.1. The first-order valence-electron chi connectivity index (χ1n) is 8.19. The van der Waals surface area contributed by atoms with E-state index in [1.54, 1.807) is 7.05 Å². The topological polar surface area (TPSA) is 39.7 Å². The zero-order valence-corrected chi connectivity index (χ0v) is 15.5. The number of benzene rings is 1. The predicted octanol–water partition coefficient (Wildman–Crippen LogP) is 2.78. The number of nitrogens with zero attached hydrogens (tertiary/aromatic N) is 2. The van der Waals surface area contributed by atoms with Gasteiger partial charge in [0, 0.05) is 30.7 Å². The molecule has 1 heterocycles. The highest BCUT2D eigenvalue weighted by Gasteiger charge is 2.20. The number of hydrogen-bond donors (Lipinski definition) is 2. The normalized spacial score (nSPS) is 19.1. The Morgan fingerprint density at radius 3 is 2.91 bits per heavy atom. The van der Waals surface area contributed by atoms with Gasteiger partial charge in [0.2, 0.25) is 0 Å². The number of likely N-dealkylation sites (tertiary alicyclic amines) is 1. The van der Waals surface area contributed by atoms with Crippen LogP contribution in [0.15, 0.2) is 27.7 Å². The van der Waals surface area contributed by atoms with E-state index in [1.807, 2.05) is 12.1 Å². The second kappa shape index (κ2) is 9.23. The number of guanidine groups is 1. The van der Waals surface area contributed by atoms with Gasteiger partial charge in [0.1, 0.15) is 5.82 Å². The molecule has 4 nitrogen and oxygen atoms in total. The fourth-order valence-electron chi connectivity index (χ4n) is 2.88. The van der Waals surface area contributed by atoms with Crippen molar-refractivity contribution in [1.29, 1.82) is 0 Å². The maximum atomic E-state index is 13.7. The van der Waals surface area contributed by atoms with Crippen LogP contribution < -0.4 is 10.6 Å². The summed E-state index contributed by atoms with van der Waals surface area (Å²) in [6.45, 7) is 2.87. The number of nitrogens with one attached hydrogen (secondary N) is 2. The van der Waals surface area contributed by atoms with E-state index in [9.17, 15) is 4.39 Å². The van der Waals surface area contributed by atoms with Crippen LogP contribution >= 0.6 is 15.9 Å². The van der Waals surface area contributed by atoms with Crippen molar-refractivity contribution in [1.82, 2.24) is 15.5 Å². The van der Waals surface area contributed by atoms with Gasteiger partial charge in [-0.1, -0.05) is 22.0 Å². The molecule has 0 radical (unpaired) electrons. The van der Waals surface area contributed by atoms with E-state index in [1.165, 1.54) is 25.5 Å². The molecular formula is C17H26BrFN4. The van der Waals surface area contributed by atoms with E-state index >= 15 is 0 Å². The fraction of sp³-hybridized carbons (Fsp3) is 0.588. The molecule has 1 fully saturated rings. The van der Waals surface area contributed by atoms with E-state index in [0.717, 1.165) is 35.5 Å². The molecule has 1 aliphatic rings. The van der Waals surface area contributed by atoms with E-state index in [0.29, 0.717) is 12.5 Å². The average molecular weight is 385 g/mol. The summed E-state index contributed by atoms with van der Waals surface area (Å²) in [7, 11) is 3.95. The largest absolute Gasteiger partial charge is 0.356 e. The van der Waals surface area contributed by atoms with Gasteiger partial charge in [-0.3, -0.25) is 4.99 Å². The third-order valence-electron chi connectivity index (χ3n) is 4.33. The number of rotatable bonds is 6. The van der Waals surface area contributed by atoms with Crippen molar-refractivity contribution >= 4 is 21.9 Å². The van der Waals surface area contributed by atoms with E-state index in [-0.39, 0.29) is 5.82 Å². The average Bonchev–Trinajstić information content (AvgIpc) is 2.93. The third kappa shape index (κ3) is 5.77. The lowest BCUT2D eigenvalue weighted by molar-refractivity contribution is 0.309. The first-order chi connectivity index (χ1) is 11.1. The van der Waals surface area contributed by atoms with Crippen molar-refractivity contribution in [3.05, 3.63) is 34.1 Å². The van der Waals surface area contributed by atoms with Crippen LogP contribution in [0.1, 0.15) is 24.8 Å². The van der Waals surface area contributed by atoms with Crippen LogP contribution in [0.2, 0.25) is 0 Å². The molecule has 0 aliphatic carbocycles. The minimum atomic E-state index is -0.147. The molecule has 0 spiro atoms. The Hall–Kier alpha value is -1.14. The summed E-state index contributed by atoms with van der Waals surface area (Å²) >= 11 is 3.28. The highest BCUT2D eigenvalue weighted by atomic mass is 79.9. The zero-order chi connectivity index (χ0) is 16.7. The van der Waals surface area contributed by atoms with Gasteiger partial charge >= 0.3 is 0 Å². The molecule has 2 rings (SSSR count). The van der Waals surface area contributed by atoms with Gasteiger partial charge in [0.25, 0.3) is 0 Å². The van der Waals surface area contributed by atoms with Crippen LogP contribution in [0.4, 0.5) is 4.39 Å². The Labute approximate surface area is 146 Å². The summed E-state index contributed by atoms with van der Waals surface area (Å²) in [6.07, 6.45) is 4.09. The van der Waals surface area contributed by atoms with Crippen LogP contribution in [0.3, 0.4) is 0 Å². The van der Waals surface area contributed by atoms with Crippen LogP contribution in [0, 0.1) is 5.82 Å². The van der Waals surface area contributed by atoms with Crippen molar-refractivity contribution in [2.75, 3.05) is 33.7 Å². The quantitative estimate of drug-likeness (QED) is 0.450. The maximum absolute atomic E-state index is 13.7. The molecule has 1 saturated heterocycles. The van der Waals surface area contributed by atoms with E-state index in [4.69, 9.17) is 0 Å². The first-order valence-corrected chi connectivity index (χ1v) is 8.98. The van der Waals surface area contributed by atoms with Gasteiger partial charge in [-0.15, -0.1) is 0 Å². The van der Waals surface area contributed by atoms with Gasteiger partial charge in [0.15, 0.2) is 5.96 Å². The summed E-state index contributed by atoms with van der Waals surface area (Å²) in [5, 5.41) is 6.67. The minimum absolute atomic E-state index is 0.147. The maximum Gasteiger partial charge on any atom is 0.191 e. The van der Waals surface area contributed by atoms with Gasteiger partial charge < -0.3 is 15.5 Å². The SMILES string of the molecule is CN=C(NCCCc1ccc(Br)cc1F)NCC1CCCN1C. The lowest BCUT2D eigenvalue weighted by Gasteiger charge is -2.21. The Bertz CT molecular complexity index is 535. The second-order valence-electron chi connectivity index (χ2n) is 6.00. The van der Waals surface area contributed by atoms with Crippen LogP contribution in [-0.4, -0.2) is 50.6 Å². The molecule has 0 bridgehead atoms. The van der Waals surface area contributed by atoms with Gasteiger partial charge in [0.05, 0.1) is 0 Å². The zero-order valence-electron chi connectivity index (χ0n) is 13.9. The standard InChI is InChI=1S/C17H26BrFN4/c1-20-17(22-12-15-6-4-10-23(15)2)21-9-3-5-13-7-8-14(18)11-16(13)19/h7-8,11,15H,3-6,9-10,12H2,1-2H3,(H2,20,21,22). The molecule has 1 aliphatic heterocycles. The van der Waals surface area contributed by atoms with Gasteiger partial charge in [-0.2, -0.15) is 0 Å². The molecule has 0 saturated carbocycles. The Balaban J connectivity index is 1.67. The Morgan fingerprint density at radius 1 is 1.43 bits per heavy atom. The predicted molar refractivity (Wildman–Crippen MR) is 97.4 cm³/mol. The molecule has 1 aromatic carbocycles. The molecule has 0 aromatic heterocycles. The van der Waals surface area contributed by atoms with E-state index < -0.39 is 0 Å². The summed E-state index contributed by atoms with van der Waals surface area (Å²) in [6, 6.07) is 5.82. The van der Waals surface area contributed by atoms with Crippen molar-refractivity contribution in [2.45, 2.75) is 31.7 Å². The lowest BCUT2D eigenvalue weighted by Crippen LogP contribution is -2.44. The highest BCUT2D eigenvalue weighted by Crippen LogP contribution is 2.16. The third-order valence-corrected chi connectivity index (χ3v) is 4.82. The molecule has 128 valence electrons. The summed E-state index contributed by atoms with van der Waals surface area (Å²) in [5.74, 6) is 0.674. The van der Waals surface area contributed by atoms with E-state index in [2.05, 4.69) is 43.5 Å². The minimum Gasteiger partial charge on any atom is -0.356 e. The first kappa shape index (κ1) is 18.2. The molecule has 6 heteroatoms. The Morgan fingerprint density at radius 2 is 2.26 bits per heavy atom. The number of aryl methyl sites for hydroxylation is 1. The van der Waals surface area contributed by atoms with Crippen molar-refractivity contribution in [3.63, 3.8) is 0 Å². The molecular weight excluding hydrogens is 359 g/mol. The molecule has 1 aromatic rings. The van der Waals surface area contributed by atoms with Crippen LogP contribution in [0.25, 0.3) is 0 Å². The van der Waals surface area contributed by atoms with Crippen LogP contribution in [-0.2, 0) is 6.42 Å². The summed E-state index contributed by atoms with van der Waals surface area (Å²) in [4.78, 5) is 6.63. The summed E-state index contributed by atoms with van der Waals surface area (Å²) in [5.41, 5.74) is 0.755. The Kier molecular flexibility index (Phi) is 7.30. The monoisotopic (exact) mass is 384 g/mol. The molecule has 1 atom stereocenters. The fourth-order valence-corrected chi connectivity index (χ4v) is 3.22. The number of aliphatic imine (C=N–C) groups is 1. The number of likely N-dealkylation sites (N-methyl/N-ethyl adjacent to an activating group) is 1.